The van der Waals surface area contributed by atoms with Crippen LogP contribution in [0.4, 0.5) is 5.69 Å². The van der Waals surface area contributed by atoms with Gasteiger partial charge in [-0.25, -0.2) is 0 Å². The molecule has 1 unspecified atom stereocenters. The summed E-state index contributed by atoms with van der Waals surface area (Å²) in [6.45, 7) is 1.91. The zero-order valence-electron chi connectivity index (χ0n) is 15.5. The lowest BCUT2D eigenvalue weighted by atomic mass is 10.3. The maximum Gasteiger partial charge on any atom is 0.234 e. The zero-order chi connectivity index (χ0) is 21.0. The largest absolute Gasteiger partial charge is 0.483 e. The molecule has 1 N–H and O–H groups in total. The van der Waals surface area contributed by atoms with E-state index >= 15 is 0 Å². The van der Waals surface area contributed by atoms with Crippen molar-refractivity contribution in [1.82, 2.24) is 14.8 Å². The van der Waals surface area contributed by atoms with Crippen LogP contribution in [0.2, 0.25) is 5.02 Å². The van der Waals surface area contributed by atoms with Gasteiger partial charge in [0.1, 0.15) is 5.75 Å². The van der Waals surface area contributed by atoms with Gasteiger partial charge in [-0.1, -0.05) is 55.2 Å². The number of carbonyl (C=O) groups excluding carboxylic acids is 1. The lowest BCUT2D eigenvalue weighted by Gasteiger charge is -2.14. The van der Waals surface area contributed by atoms with Gasteiger partial charge >= 0.3 is 0 Å². The van der Waals surface area contributed by atoms with Gasteiger partial charge in [0.15, 0.2) is 17.1 Å². The van der Waals surface area contributed by atoms with Crippen molar-refractivity contribution >= 4 is 66.8 Å². The molecule has 0 spiro atoms. The van der Waals surface area contributed by atoms with E-state index in [0.717, 1.165) is 14.7 Å². The lowest BCUT2D eigenvalue weighted by molar-refractivity contribution is -0.113. The fourth-order valence-corrected chi connectivity index (χ4v) is 4.19. The zero-order valence-corrected chi connectivity index (χ0v) is 20.3. The van der Waals surface area contributed by atoms with E-state index in [0.29, 0.717) is 21.7 Å². The number of thioether (sulfide) groups is 1. The fraction of sp³-hybridized carbons (Fsp3) is 0.211. The highest BCUT2D eigenvalue weighted by Crippen LogP contribution is 2.27. The Bertz CT molecular complexity index is 1010. The van der Waals surface area contributed by atoms with E-state index in [1.807, 2.05) is 48.9 Å². The van der Waals surface area contributed by atoms with E-state index in [1.54, 1.807) is 12.1 Å². The van der Waals surface area contributed by atoms with Crippen LogP contribution < -0.4 is 10.1 Å². The van der Waals surface area contributed by atoms with Gasteiger partial charge in [0.25, 0.3) is 0 Å². The quantitative estimate of drug-likeness (QED) is 0.367. The Morgan fingerprint density at radius 3 is 2.59 bits per heavy atom. The SMILES string of the molecule is CC(Oc1ccc(Br)cc1)c1nnc(SCC(=O)Nc2ccc(Br)cc2Cl)n1C. The van der Waals surface area contributed by atoms with Gasteiger partial charge in [0.05, 0.1) is 16.5 Å². The summed E-state index contributed by atoms with van der Waals surface area (Å²) < 4.78 is 9.59. The number of rotatable bonds is 7. The number of ether oxygens (including phenoxy) is 1. The van der Waals surface area contributed by atoms with Gasteiger partial charge < -0.3 is 14.6 Å². The van der Waals surface area contributed by atoms with E-state index in [9.17, 15) is 4.79 Å². The molecular formula is C19H17Br2ClN4O2S. The average molecular weight is 561 g/mol. The Labute approximate surface area is 194 Å². The van der Waals surface area contributed by atoms with Crippen molar-refractivity contribution in [3.63, 3.8) is 0 Å². The first-order valence-electron chi connectivity index (χ1n) is 8.52. The summed E-state index contributed by atoms with van der Waals surface area (Å²) in [5, 5.41) is 12.3. The standard InChI is InChI=1S/C19H17Br2ClN4O2S/c1-11(28-14-6-3-12(20)4-7-14)18-24-25-19(26(18)2)29-10-17(27)23-16-8-5-13(21)9-15(16)22/h3-9,11H,10H2,1-2H3,(H,23,27). The maximum absolute atomic E-state index is 12.3. The Balaban J connectivity index is 1.58. The molecule has 3 aromatic rings. The Kier molecular flexibility index (Phi) is 7.61. The number of amides is 1. The first kappa shape index (κ1) is 22.1. The number of hydrogen-bond donors (Lipinski definition) is 1. The number of benzene rings is 2. The summed E-state index contributed by atoms with van der Waals surface area (Å²) in [5.41, 5.74) is 0.565. The minimum Gasteiger partial charge on any atom is -0.483 e. The maximum atomic E-state index is 12.3. The van der Waals surface area contributed by atoms with Crippen LogP contribution in [-0.4, -0.2) is 26.4 Å². The van der Waals surface area contributed by atoms with Crippen molar-refractivity contribution < 1.29 is 9.53 Å². The monoisotopic (exact) mass is 558 g/mol. The van der Waals surface area contributed by atoms with Gasteiger partial charge in [0, 0.05) is 16.0 Å². The topological polar surface area (TPSA) is 69.0 Å². The predicted octanol–water partition coefficient (Wildman–Crippen LogP) is 5.86. The van der Waals surface area contributed by atoms with Crippen LogP contribution in [0, 0.1) is 0 Å². The average Bonchev–Trinajstić information content (AvgIpc) is 3.05. The third-order valence-corrected chi connectivity index (χ3v) is 6.25. The van der Waals surface area contributed by atoms with Gasteiger partial charge in [-0.2, -0.15) is 0 Å². The van der Waals surface area contributed by atoms with E-state index in [4.69, 9.17) is 16.3 Å². The summed E-state index contributed by atoms with van der Waals surface area (Å²) in [6.07, 6.45) is -0.293. The molecule has 0 saturated heterocycles. The molecule has 2 aromatic carbocycles. The molecule has 0 aliphatic carbocycles. The molecule has 29 heavy (non-hydrogen) atoms. The van der Waals surface area contributed by atoms with Gasteiger partial charge in [-0.15, -0.1) is 10.2 Å². The number of aromatic nitrogens is 3. The van der Waals surface area contributed by atoms with Gasteiger partial charge in [-0.05, 0) is 49.4 Å². The second-order valence-electron chi connectivity index (χ2n) is 6.07. The summed E-state index contributed by atoms with van der Waals surface area (Å²) in [5.74, 6) is 1.42. The lowest BCUT2D eigenvalue weighted by Crippen LogP contribution is -2.15. The van der Waals surface area contributed by atoms with Crippen LogP contribution in [0.25, 0.3) is 0 Å². The number of nitrogens with zero attached hydrogens (tertiary/aromatic N) is 3. The van der Waals surface area contributed by atoms with Crippen molar-refractivity contribution in [2.24, 2.45) is 7.05 Å². The van der Waals surface area contributed by atoms with E-state index in [1.165, 1.54) is 11.8 Å². The fourth-order valence-electron chi connectivity index (χ4n) is 2.48. The molecule has 1 aromatic heterocycles. The summed E-state index contributed by atoms with van der Waals surface area (Å²) >= 11 is 14.2. The molecule has 10 heteroatoms. The van der Waals surface area contributed by atoms with Crippen molar-refractivity contribution in [3.05, 3.63) is 62.3 Å². The molecule has 1 amide bonds. The van der Waals surface area contributed by atoms with Crippen LogP contribution in [0.5, 0.6) is 5.75 Å². The van der Waals surface area contributed by atoms with Crippen LogP contribution in [-0.2, 0) is 11.8 Å². The molecule has 0 saturated carbocycles. The normalized spacial score (nSPS) is 11.9. The third kappa shape index (κ3) is 5.97. The molecular weight excluding hydrogens is 544 g/mol. The predicted molar refractivity (Wildman–Crippen MR) is 123 cm³/mol. The smallest absolute Gasteiger partial charge is 0.234 e. The second-order valence-corrected chi connectivity index (χ2v) is 9.26. The summed E-state index contributed by atoms with van der Waals surface area (Å²) in [4.78, 5) is 12.3. The number of hydrogen-bond acceptors (Lipinski definition) is 5. The molecule has 1 atom stereocenters. The molecule has 6 nitrogen and oxygen atoms in total. The molecule has 0 bridgehead atoms. The minimum atomic E-state index is -0.293. The molecule has 0 radical (unpaired) electrons. The number of carbonyl (C=O) groups is 1. The van der Waals surface area contributed by atoms with Crippen molar-refractivity contribution in [2.75, 3.05) is 11.1 Å². The third-order valence-electron chi connectivity index (χ3n) is 3.90. The molecule has 0 fully saturated rings. The van der Waals surface area contributed by atoms with E-state index in [2.05, 4.69) is 47.4 Å². The molecule has 152 valence electrons. The number of nitrogens with one attached hydrogen (secondary N) is 1. The highest BCUT2D eigenvalue weighted by molar-refractivity contribution is 9.10. The van der Waals surface area contributed by atoms with Crippen LogP contribution in [0.15, 0.2) is 56.6 Å². The van der Waals surface area contributed by atoms with Crippen molar-refractivity contribution in [3.8, 4) is 5.75 Å². The van der Waals surface area contributed by atoms with E-state index in [-0.39, 0.29) is 17.8 Å². The number of halogens is 3. The molecule has 0 aliphatic heterocycles. The number of anilines is 1. The van der Waals surface area contributed by atoms with E-state index < -0.39 is 0 Å². The van der Waals surface area contributed by atoms with Gasteiger partial charge in [0.2, 0.25) is 5.91 Å². The van der Waals surface area contributed by atoms with Crippen LogP contribution in [0.1, 0.15) is 18.9 Å². The molecule has 3 rings (SSSR count). The Hall–Kier alpha value is -1.55. The molecule has 0 aliphatic rings. The van der Waals surface area contributed by atoms with Crippen LogP contribution in [0.3, 0.4) is 0 Å². The van der Waals surface area contributed by atoms with Crippen molar-refractivity contribution in [2.45, 2.75) is 18.2 Å². The van der Waals surface area contributed by atoms with Gasteiger partial charge in [-0.3, -0.25) is 4.79 Å². The first-order valence-corrected chi connectivity index (χ1v) is 11.5. The highest BCUT2D eigenvalue weighted by Gasteiger charge is 2.18. The minimum absolute atomic E-state index is 0.178. The Morgan fingerprint density at radius 2 is 1.90 bits per heavy atom. The summed E-state index contributed by atoms with van der Waals surface area (Å²) in [7, 11) is 1.85. The first-order chi connectivity index (χ1) is 13.8. The van der Waals surface area contributed by atoms with Crippen LogP contribution >= 0.6 is 55.2 Å². The molecule has 1 heterocycles. The Morgan fingerprint density at radius 1 is 1.21 bits per heavy atom. The second kappa shape index (κ2) is 9.97. The van der Waals surface area contributed by atoms with Crippen molar-refractivity contribution in [1.29, 1.82) is 0 Å². The highest BCUT2D eigenvalue weighted by atomic mass is 79.9. The summed E-state index contributed by atoms with van der Waals surface area (Å²) in [6, 6.07) is 12.9.